The molecule has 3 rings (SSSR count). The average Bonchev–Trinajstić information content (AvgIpc) is 3.00. The summed E-state index contributed by atoms with van der Waals surface area (Å²) in [6, 6.07) is 10.7. The fourth-order valence-corrected chi connectivity index (χ4v) is 3.25. The van der Waals surface area contributed by atoms with Gasteiger partial charge in [0.2, 0.25) is 5.91 Å². The minimum atomic E-state index is -0.427. The van der Waals surface area contributed by atoms with Gasteiger partial charge in [0, 0.05) is 17.3 Å². The van der Waals surface area contributed by atoms with E-state index in [-0.39, 0.29) is 18.2 Å². The van der Waals surface area contributed by atoms with E-state index in [2.05, 4.69) is 10.3 Å². The summed E-state index contributed by atoms with van der Waals surface area (Å²) >= 11 is 7.19. The van der Waals surface area contributed by atoms with Crippen LogP contribution in [0.4, 0.5) is 0 Å². The van der Waals surface area contributed by atoms with Crippen LogP contribution >= 0.6 is 23.4 Å². The van der Waals surface area contributed by atoms with E-state index in [1.54, 1.807) is 34.9 Å². The van der Waals surface area contributed by atoms with Crippen LogP contribution in [0.2, 0.25) is 5.02 Å². The third kappa shape index (κ3) is 4.32. The molecule has 2 amide bonds. The molecule has 3 aromatic rings. The molecule has 0 radical (unpaired) electrons. The average molecular weight is 375 g/mol. The number of benzene rings is 1. The smallest absolute Gasteiger partial charge is 0.252 e. The standard InChI is InChI=1S/C17H15ClN4O2S/c18-11-5-6-16-21-12(9-22(16)8-11)7-20-17(24)13-3-1-2-4-14(13)25-10-15(19)23/h1-6,8-9H,7,10H2,(H2,19,23)(H,20,24). The second kappa shape index (κ2) is 7.58. The quantitative estimate of drug-likeness (QED) is 0.649. The molecule has 0 atom stereocenters. The summed E-state index contributed by atoms with van der Waals surface area (Å²) in [6.45, 7) is 0.285. The van der Waals surface area contributed by atoms with Gasteiger partial charge in [0.1, 0.15) is 5.65 Å². The number of hydrogen-bond acceptors (Lipinski definition) is 4. The Kier molecular flexibility index (Phi) is 5.25. The Labute approximate surface area is 153 Å². The van der Waals surface area contributed by atoms with Crippen LogP contribution in [0.3, 0.4) is 0 Å². The Morgan fingerprint density at radius 1 is 1.20 bits per heavy atom. The molecule has 3 N–H and O–H groups in total. The number of nitrogens with zero attached hydrogens (tertiary/aromatic N) is 2. The number of amides is 2. The maximum absolute atomic E-state index is 12.5. The molecule has 8 heteroatoms. The number of nitrogens with one attached hydrogen (secondary N) is 1. The van der Waals surface area contributed by atoms with Crippen molar-refractivity contribution in [3.05, 3.63) is 65.1 Å². The van der Waals surface area contributed by atoms with E-state index >= 15 is 0 Å². The highest BCUT2D eigenvalue weighted by molar-refractivity contribution is 8.00. The van der Waals surface area contributed by atoms with E-state index in [0.717, 1.165) is 11.3 Å². The maximum Gasteiger partial charge on any atom is 0.252 e. The normalized spacial score (nSPS) is 10.8. The predicted octanol–water partition coefficient (Wildman–Crippen LogP) is 2.50. The SMILES string of the molecule is NC(=O)CSc1ccccc1C(=O)NCc1cn2cc(Cl)ccc2n1. The molecule has 0 saturated heterocycles. The fraction of sp³-hybridized carbons (Fsp3) is 0.118. The zero-order valence-corrected chi connectivity index (χ0v) is 14.7. The van der Waals surface area contributed by atoms with Crippen LogP contribution in [0.5, 0.6) is 0 Å². The molecule has 0 saturated carbocycles. The van der Waals surface area contributed by atoms with Crippen molar-refractivity contribution >= 4 is 40.8 Å². The molecule has 0 aliphatic heterocycles. The van der Waals surface area contributed by atoms with Crippen molar-refractivity contribution in [2.75, 3.05) is 5.75 Å². The summed E-state index contributed by atoms with van der Waals surface area (Å²) in [6.07, 6.45) is 3.57. The lowest BCUT2D eigenvalue weighted by atomic mass is 10.2. The number of nitrogens with two attached hydrogens (primary N) is 1. The fourth-order valence-electron chi connectivity index (χ4n) is 2.30. The summed E-state index contributed by atoms with van der Waals surface area (Å²) in [4.78, 5) is 28.5. The molecule has 1 aromatic carbocycles. The summed E-state index contributed by atoms with van der Waals surface area (Å²) < 4.78 is 1.81. The van der Waals surface area contributed by atoms with Crippen molar-refractivity contribution in [1.29, 1.82) is 0 Å². The molecule has 0 aliphatic carbocycles. The van der Waals surface area contributed by atoms with Gasteiger partial charge in [0.25, 0.3) is 5.91 Å². The van der Waals surface area contributed by atoms with Crippen LogP contribution in [0.15, 0.2) is 53.7 Å². The topological polar surface area (TPSA) is 89.5 Å². The molecular formula is C17H15ClN4O2S. The Morgan fingerprint density at radius 3 is 2.80 bits per heavy atom. The van der Waals surface area contributed by atoms with Gasteiger partial charge < -0.3 is 15.5 Å². The van der Waals surface area contributed by atoms with Gasteiger partial charge in [-0.05, 0) is 24.3 Å². The van der Waals surface area contributed by atoms with Gasteiger partial charge >= 0.3 is 0 Å². The number of carbonyl (C=O) groups is 2. The van der Waals surface area contributed by atoms with Crippen molar-refractivity contribution in [3.8, 4) is 0 Å². The second-order valence-electron chi connectivity index (χ2n) is 5.28. The minimum absolute atomic E-state index is 0.123. The minimum Gasteiger partial charge on any atom is -0.369 e. The number of thioether (sulfide) groups is 1. The van der Waals surface area contributed by atoms with Crippen molar-refractivity contribution in [1.82, 2.24) is 14.7 Å². The largest absolute Gasteiger partial charge is 0.369 e. The first kappa shape index (κ1) is 17.3. The number of halogens is 1. The number of carbonyl (C=O) groups excluding carboxylic acids is 2. The molecule has 2 aromatic heterocycles. The van der Waals surface area contributed by atoms with E-state index in [1.165, 1.54) is 11.8 Å². The highest BCUT2D eigenvalue weighted by atomic mass is 35.5. The Balaban J connectivity index is 1.70. The molecule has 0 fully saturated rings. The van der Waals surface area contributed by atoms with Gasteiger partial charge in [-0.3, -0.25) is 9.59 Å². The van der Waals surface area contributed by atoms with E-state index in [4.69, 9.17) is 17.3 Å². The molecule has 0 unspecified atom stereocenters. The summed E-state index contributed by atoms with van der Waals surface area (Å²) in [7, 11) is 0. The van der Waals surface area contributed by atoms with Crippen LogP contribution < -0.4 is 11.1 Å². The van der Waals surface area contributed by atoms with Gasteiger partial charge in [-0.25, -0.2) is 4.98 Å². The first-order valence-corrected chi connectivity index (χ1v) is 8.81. The lowest BCUT2D eigenvalue weighted by molar-refractivity contribution is -0.115. The molecule has 128 valence electrons. The number of imidazole rings is 1. The van der Waals surface area contributed by atoms with Gasteiger partial charge in [-0.2, -0.15) is 0 Å². The van der Waals surface area contributed by atoms with Crippen LogP contribution in [0, 0.1) is 0 Å². The van der Waals surface area contributed by atoms with E-state index in [9.17, 15) is 9.59 Å². The molecular weight excluding hydrogens is 360 g/mol. The van der Waals surface area contributed by atoms with Gasteiger partial charge in [0.05, 0.1) is 28.6 Å². The van der Waals surface area contributed by atoms with Crippen LogP contribution in [-0.4, -0.2) is 27.0 Å². The van der Waals surface area contributed by atoms with Gasteiger partial charge in [-0.1, -0.05) is 23.7 Å². The summed E-state index contributed by atoms with van der Waals surface area (Å²) in [5.74, 6) is -0.538. The van der Waals surface area contributed by atoms with Gasteiger partial charge in [-0.15, -0.1) is 11.8 Å². The zero-order chi connectivity index (χ0) is 17.8. The third-order valence-electron chi connectivity index (χ3n) is 3.40. The number of aromatic nitrogens is 2. The Hall–Kier alpha value is -2.51. The van der Waals surface area contributed by atoms with Crippen LogP contribution in [0.25, 0.3) is 5.65 Å². The van der Waals surface area contributed by atoms with Crippen LogP contribution in [-0.2, 0) is 11.3 Å². The summed E-state index contributed by atoms with van der Waals surface area (Å²) in [5.41, 5.74) is 7.14. The Bertz CT molecular complexity index is 941. The van der Waals surface area contributed by atoms with E-state index in [0.29, 0.717) is 15.5 Å². The van der Waals surface area contributed by atoms with Crippen molar-refractivity contribution < 1.29 is 9.59 Å². The number of pyridine rings is 1. The molecule has 0 aliphatic rings. The van der Waals surface area contributed by atoms with E-state index in [1.807, 2.05) is 18.3 Å². The van der Waals surface area contributed by atoms with Crippen molar-refractivity contribution in [3.63, 3.8) is 0 Å². The highest BCUT2D eigenvalue weighted by Gasteiger charge is 2.12. The number of primary amides is 1. The predicted molar refractivity (Wildman–Crippen MR) is 97.7 cm³/mol. The van der Waals surface area contributed by atoms with Crippen molar-refractivity contribution in [2.24, 2.45) is 5.73 Å². The second-order valence-corrected chi connectivity index (χ2v) is 6.73. The first-order chi connectivity index (χ1) is 12.0. The molecule has 2 heterocycles. The lowest BCUT2D eigenvalue weighted by Crippen LogP contribution is -2.23. The zero-order valence-electron chi connectivity index (χ0n) is 13.1. The molecule has 6 nitrogen and oxygen atoms in total. The molecule has 0 bridgehead atoms. The Morgan fingerprint density at radius 2 is 2.00 bits per heavy atom. The monoisotopic (exact) mass is 374 g/mol. The van der Waals surface area contributed by atoms with E-state index < -0.39 is 5.91 Å². The first-order valence-electron chi connectivity index (χ1n) is 7.44. The third-order valence-corrected chi connectivity index (χ3v) is 4.72. The number of rotatable bonds is 6. The number of hydrogen-bond donors (Lipinski definition) is 2. The number of fused-ring (bicyclic) bond motifs is 1. The lowest BCUT2D eigenvalue weighted by Gasteiger charge is -2.08. The van der Waals surface area contributed by atoms with Crippen molar-refractivity contribution in [2.45, 2.75) is 11.4 Å². The maximum atomic E-state index is 12.5. The molecule has 0 spiro atoms. The highest BCUT2D eigenvalue weighted by Crippen LogP contribution is 2.22. The molecule has 25 heavy (non-hydrogen) atoms. The van der Waals surface area contributed by atoms with Crippen LogP contribution in [0.1, 0.15) is 16.1 Å². The van der Waals surface area contributed by atoms with Gasteiger partial charge in [0.15, 0.2) is 0 Å². The summed E-state index contributed by atoms with van der Waals surface area (Å²) in [5, 5.41) is 3.45.